The van der Waals surface area contributed by atoms with E-state index in [0.717, 1.165) is 5.56 Å². The van der Waals surface area contributed by atoms with Crippen molar-refractivity contribution in [3.63, 3.8) is 0 Å². The second-order valence-corrected chi connectivity index (χ2v) is 7.79. The summed E-state index contributed by atoms with van der Waals surface area (Å²) in [6.07, 6.45) is -0.924. The largest absolute Gasteiger partial charge is 0.444 e. The fourth-order valence-electron chi connectivity index (χ4n) is 2.81. The van der Waals surface area contributed by atoms with E-state index in [2.05, 4.69) is 0 Å². The Morgan fingerprint density at radius 2 is 1.80 bits per heavy atom. The van der Waals surface area contributed by atoms with Crippen LogP contribution in [0.5, 0.6) is 0 Å². The molecule has 6 nitrogen and oxygen atoms in total. The van der Waals surface area contributed by atoms with E-state index in [4.69, 9.17) is 19.9 Å². The van der Waals surface area contributed by atoms with Crippen molar-refractivity contribution in [2.45, 2.75) is 64.8 Å². The lowest BCUT2D eigenvalue weighted by atomic mass is 10.1. The molecule has 0 bridgehead atoms. The van der Waals surface area contributed by atoms with E-state index >= 15 is 0 Å². The third-order valence-electron chi connectivity index (χ3n) is 3.79. The van der Waals surface area contributed by atoms with Crippen molar-refractivity contribution in [3.05, 3.63) is 35.9 Å². The molecule has 1 aliphatic heterocycles. The van der Waals surface area contributed by atoms with E-state index in [1.54, 1.807) is 4.90 Å². The van der Waals surface area contributed by atoms with Gasteiger partial charge in [0.15, 0.2) is 5.79 Å². The van der Waals surface area contributed by atoms with Gasteiger partial charge in [-0.05, 0) is 40.2 Å². The van der Waals surface area contributed by atoms with Crippen LogP contribution < -0.4 is 5.73 Å². The van der Waals surface area contributed by atoms with Crippen LogP contribution in [-0.2, 0) is 20.8 Å². The van der Waals surface area contributed by atoms with Gasteiger partial charge in [-0.1, -0.05) is 30.3 Å². The summed E-state index contributed by atoms with van der Waals surface area (Å²) in [5.74, 6) is -0.707. The van der Waals surface area contributed by atoms with Crippen molar-refractivity contribution >= 4 is 6.09 Å². The van der Waals surface area contributed by atoms with Crippen LogP contribution in [0.3, 0.4) is 0 Å². The van der Waals surface area contributed by atoms with E-state index in [0.29, 0.717) is 19.6 Å². The molecule has 1 aromatic carbocycles. The Morgan fingerprint density at radius 1 is 1.20 bits per heavy atom. The highest BCUT2D eigenvalue weighted by atomic mass is 16.8. The van der Waals surface area contributed by atoms with E-state index in [1.165, 1.54) is 0 Å². The summed E-state index contributed by atoms with van der Waals surface area (Å²) >= 11 is 0. The van der Waals surface area contributed by atoms with Crippen LogP contribution in [0.2, 0.25) is 0 Å². The molecule has 2 rings (SSSR count). The van der Waals surface area contributed by atoms with Crippen molar-refractivity contribution in [1.29, 1.82) is 0 Å². The number of carbonyl (C=O) groups is 1. The molecule has 1 saturated heterocycles. The van der Waals surface area contributed by atoms with Crippen LogP contribution in [0.4, 0.5) is 4.79 Å². The molecule has 6 heteroatoms. The first-order valence-corrected chi connectivity index (χ1v) is 8.67. The molecule has 1 aliphatic rings. The molecule has 0 saturated carbocycles. The Bertz CT molecular complexity index is 569. The quantitative estimate of drug-likeness (QED) is 0.884. The van der Waals surface area contributed by atoms with Gasteiger partial charge < -0.3 is 24.8 Å². The van der Waals surface area contributed by atoms with Gasteiger partial charge in [-0.15, -0.1) is 0 Å². The molecule has 1 heterocycles. The van der Waals surface area contributed by atoms with Gasteiger partial charge in [-0.2, -0.15) is 0 Å². The Balaban J connectivity index is 2.14. The minimum Gasteiger partial charge on any atom is -0.444 e. The van der Waals surface area contributed by atoms with Gasteiger partial charge in [0.25, 0.3) is 0 Å². The highest BCUT2D eigenvalue weighted by Gasteiger charge is 2.42. The molecule has 0 radical (unpaired) electrons. The number of rotatable bonds is 5. The number of nitrogens with two attached hydrogens (primary N) is 1. The molecule has 1 fully saturated rings. The van der Waals surface area contributed by atoms with Gasteiger partial charge in [0.1, 0.15) is 17.8 Å². The molecule has 0 aliphatic carbocycles. The van der Waals surface area contributed by atoms with Crippen LogP contribution in [-0.4, -0.2) is 47.7 Å². The maximum atomic E-state index is 12.7. The van der Waals surface area contributed by atoms with Crippen molar-refractivity contribution < 1.29 is 19.0 Å². The van der Waals surface area contributed by atoms with Crippen molar-refractivity contribution in [3.8, 4) is 0 Å². The number of benzene rings is 1. The molecule has 0 aromatic heterocycles. The summed E-state index contributed by atoms with van der Waals surface area (Å²) < 4.78 is 17.3. The fraction of sp³-hybridized carbons (Fsp3) is 0.632. The number of hydrogen-bond acceptors (Lipinski definition) is 5. The van der Waals surface area contributed by atoms with Crippen LogP contribution in [0.25, 0.3) is 0 Å². The lowest BCUT2D eigenvalue weighted by Crippen LogP contribution is -2.44. The summed E-state index contributed by atoms with van der Waals surface area (Å²) in [4.78, 5) is 14.3. The number of ether oxygens (including phenoxy) is 3. The van der Waals surface area contributed by atoms with Crippen molar-refractivity contribution in [1.82, 2.24) is 4.90 Å². The van der Waals surface area contributed by atoms with E-state index in [1.807, 2.05) is 65.0 Å². The molecule has 0 unspecified atom stereocenters. The van der Waals surface area contributed by atoms with Crippen LogP contribution in [0.1, 0.15) is 40.2 Å². The summed E-state index contributed by atoms with van der Waals surface area (Å²) in [5.41, 5.74) is 6.27. The molecule has 2 N–H and O–H groups in total. The van der Waals surface area contributed by atoms with E-state index in [9.17, 15) is 4.79 Å². The predicted octanol–water partition coefficient (Wildman–Crippen LogP) is 2.90. The molecule has 25 heavy (non-hydrogen) atoms. The van der Waals surface area contributed by atoms with Gasteiger partial charge in [-0.3, -0.25) is 0 Å². The minimum atomic E-state index is -0.707. The first kappa shape index (κ1) is 19.7. The topological polar surface area (TPSA) is 74.0 Å². The van der Waals surface area contributed by atoms with Gasteiger partial charge in [0.05, 0.1) is 6.54 Å². The zero-order valence-corrected chi connectivity index (χ0v) is 15.8. The predicted molar refractivity (Wildman–Crippen MR) is 96.0 cm³/mol. The number of amides is 1. The fourth-order valence-corrected chi connectivity index (χ4v) is 2.81. The third-order valence-corrected chi connectivity index (χ3v) is 3.79. The average Bonchev–Trinajstić information content (AvgIpc) is 2.80. The van der Waals surface area contributed by atoms with Crippen LogP contribution in [0.15, 0.2) is 30.3 Å². The molecular formula is C19H30N2O4. The van der Waals surface area contributed by atoms with Gasteiger partial charge in [0, 0.05) is 13.1 Å². The van der Waals surface area contributed by atoms with Gasteiger partial charge >= 0.3 is 6.09 Å². The number of nitrogens with zero attached hydrogens (tertiary/aromatic N) is 1. The molecule has 2 atom stereocenters. The number of carbonyl (C=O) groups excluding carboxylic acids is 1. The lowest BCUT2D eigenvalue weighted by Gasteiger charge is -2.30. The zero-order valence-electron chi connectivity index (χ0n) is 15.8. The standard InChI is InChI=1S/C19H30N2O4/c1-18(2,3)25-17(22)21(12-14-9-7-6-8-10-14)13-16-15(11-20)23-19(4,5)24-16/h6-10,15-16H,11-13,20H2,1-5H3/t15-,16+/m1/s1. The average molecular weight is 350 g/mol. The first-order chi connectivity index (χ1) is 11.6. The van der Waals surface area contributed by atoms with Crippen LogP contribution in [0, 0.1) is 0 Å². The van der Waals surface area contributed by atoms with E-state index < -0.39 is 11.4 Å². The van der Waals surface area contributed by atoms with Crippen molar-refractivity contribution in [2.75, 3.05) is 13.1 Å². The highest BCUT2D eigenvalue weighted by molar-refractivity contribution is 5.68. The smallest absolute Gasteiger partial charge is 0.410 e. The maximum Gasteiger partial charge on any atom is 0.410 e. The first-order valence-electron chi connectivity index (χ1n) is 8.67. The lowest BCUT2D eigenvalue weighted by molar-refractivity contribution is -0.147. The maximum absolute atomic E-state index is 12.7. The highest BCUT2D eigenvalue weighted by Crippen LogP contribution is 2.29. The Morgan fingerprint density at radius 3 is 2.36 bits per heavy atom. The van der Waals surface area contributed by atoms with Crippen LogP contribution >= 0.6 is 0 Å². The summed E-state index contributed by atoms with van der Waals surface area (Å²) in [6.45, 7) is 10.4. The Hall–Kier alpha value is -1.63. The monoisotopic (exact) mass is 350 g/mol. The summed E-state index contributed by atoms with van der Waals surface area (Å²) in [5, 5.41) is 0. The molecular weight excluding hydrogens is 320 g/mol. The number of hydrogen-bond donors (Lipinski definition) is 1. The molecule has 0 spiro atoms. The Labute approximate surface area is 150 Å². The normalized spacial score (nSPS) is 22.6. The summed E-state index contributed by atoms with van der Waals surface area (Å²) in [6, 6.07) is 9.80. The van der Waals surface area contributed by atoms with Gasteiger partial charge in [-0.25, -0.2) is 4.79 Å². The SMILES string of the molecule is CC(C)(C)OC(=O)N(Cc1ccccc1)C[C@@H]1OC(C)(C)O[C@@H]1CN. The second kappa shape index (κ2) is 7.72. The minimum absolute atomic E-state index is 0.254. The molecule has 140 valence electrons. The Kier molecular flexibility index (Phi) is 6.08. The molecule has 1 aromatic rings. The third kappa shape index (κ3) is 5.99. The summed E-state index contributed by atoms with van der Waals surface area (Å²) in [7, 11) is 0. The van der Waals surface area contributed by atoms with Crippen molar-refractivity contribution in [2.24, 2.45) is 5.73 Å². The van der Waals surface area contributed by atoms with Gasteiger partial charge in [0.2, 0.25) is 0 Å². The second-order valence-electron chi connectivity index (χ2n) is 7.79. The zero-order chi connectivity index (χ0) is 18.7. The molecule has 1 amide bonds. The van der Waals surface area contributed by atoms with E-state index in [-0.39, 0.29) is 18.3 Å².